The molecule has 21 heavy (non-hydrogen) atoms. The summed E-state index contributed by atoms with van der Waals surface area (Å²) in [6, 6.07) is 16.7. The van der Waals surface area contributed by atoms with Crippen LogP contribution in [0.15, 0.2) is 48.5 Å². The number of ether oxygens (including phenoxy) is 1. The van der Waals surface area contributed by atoms with E-state index in [0.717, 1.165) is 25.3 Å². The Bertz CT molecular complexity index is 551. The third-order valence-corrected chi connectivity index (χ3v) is 3.50. The fourth-order valence-electron chi connectivity index (χ4n) is 2.33. The first-order chi connectivity index (χ1) is 10.3. The van der Waals surface area contributed by atoms with E-state index in [4.69, 9.17) is 4.74 Å². The highest BCUT2D eigenvalue weighted by atomic mass is 16.5. The van der Waals surface area contributed by atoms with Gasteiger partial charge < -0.3 is 10.1 Å². The van der Waals surface area contributed by atoms with Crippen molar-refractivity contribution >= 4 is 0 Å². The molecule has 112 valence electrons. The van der Waals surface area contributed by atoms with Crippen molar-refractivity contribution in [3.8, 4) is 5.75 Å². The number of nitrogens with one attached hydrogen (secondary N) is 1. The molecule has 2 aromatic rings. The Hall–Kier alpha value is -1.80. The first-order valence-corrected chi connectivity index (χ1v) is 7.76. The largest absolute Gasteiger partial charge is 0.489 e. The molecule has 2 nitrogen and oxygen atoms in total. The molecule has 0 bridgehead atoms. The van der Waals surface area contributed by atoms with Crippen molar-refractivity contribution in [2.75, 3.05) is 13.1 Å². The zero-order chi connectivity index (χ0) is 14.9. The molecule has 1 N–H and O–H groups in total. The molecule has 0 amide bonds. The third-order valence-electron chi connectivity index (χ3n) is 3.50. The predicted octanol–water partition coefficient (Wildman–Crippen LogP) is 4.12. The SMILES string of the molecule is CCCNCCc1ccccc1COc1cccc(C)c1. The lowest BCUT2D eigenvalue weighted by Gasteiger charge is -2.12. The van der Waals surface area contributed by atoms with E-state index in [9.17, 15) is 0 Å². The zero-order valence-electron chi connectivity index (χ0n) is 13.1. The van der Waals surface area contributed by atoms with Gasteiger partial charge in [-0.2, -0.15) is 0 Å². The summed E-state index contributed by atoms with van der Waals surface area (Å²) in [7, 11) is 0. The van der Waals surface area contributed by atoms with Crippen LogP contribution in [0.25, 0.3) is 0 Å². The minimum absolute atomic E-state index is 0.632. The molecular formula is C19H25NO. The van der Waals surface area contributed by atoms with E-state index < -0.39 is 0 Å². The molecule has 2 rings (SSSR count). The predicted molar refractivity (Wildman–Crippen MR) is 88.8 cm³/mol. The standard InChI is InChI=1S/C19H25NO/c1-3-12-20-13-11-17-8-4-5-9-18(17)15-21-19-10-6-7-16(2)14-19/h4-10,14,20H,3,11-13,15H2,1-2H3. The third kappa shape index (κ3) is 5.24. The number of hydrogen-bond donors (Lipinski definition) is 1. The smallest absolute Gasteiger partial charge is 0.120 e. The van der Waals surface area contributed by atoms with Gasteiger partial charge in [0.15, 0.2) is 0 Å². The Morgan fingerprint density at radius 2 is 1.76 bits per heavy atom. The summed E-state index contributed by atoms with van der Waals surface area (Å²) in [6.07, 6.45) is 2.23. The summed E-state index contributed by atoms with van der Waals surface area (Å²) in [5.41, 5.74) is 3.87. The van der Waals surface area contributed by atoms with E-state index in [1.807, 2.05) is 12.1 Å². The first kappa shape index (κ1) is 15.6. The Morgan fingerprint density at radius 1 is 0.952 bits per heavy atom. The zero-order valence-corrected chi connectivity index (χ0v) is 13.1. The van der Waals surface area contributed by atoms with Crippen molar-refractivity contribution < 1.29 is 4.74 Å². The van der Waals surface area contributed by atoms with Gasteiger partial charge in [0, 0.05) is 0 Å². The van der Waals surface area contributed by atoms with Crippen molar-refractivity contribution in [1.29, 1.82) is 0 Å². The van der Waals surface area contributed by atoms with Gasteiger partial charge in [0.25, 0.3) is 0 Å². The van der Waals surface area contributed by atoms with Gasteiger partial charge in [0.2, 0.25) is 0 Å². The fourth-order valence-corrected chi connectivity index (χ4v) is 2.33. The second kappa shape index (κ2) is 8.48. The minimum Gasteiger partial charge on any atom is -0.489 e. The fraction of sp³-hybridized carbons (Fsp3) is 0.368. The Balaban J connectivity index is 1.93. The summed E-state index contributed by atoms with van der Waals surface area (Å²) in [5, 5.41) is 3.45. The lowest BCUT2D eigenvalue weighted by Crippen LogP contribution is -2.18. The summed E-state index contributed by atoms with van der Waals surface area (Å²) >= 11 is 0. The van der Waals surface area contributed by atoms with Crippen molar-refractivity contribution in [3.05, 3.63) is 65.2 Å². The molecule has 0 aromatic heterocycles. The molecule has 2 aromatic carbocycles. The van der Waals surface area contributed by atoms with Crippen LogP contribution in [0.5, 0.6) is 5.75 Å². The maximum Gasteiger partial charge on any atom is 0.120 e. The van der Waals surface area contributed by atoms with E-state index in [1.165, 1.54) is 23.1 Å². The van der Waals surface area contributed by atoms with E-state index in [2.05, 4.69) is 55.6 Å². The van der Waals surface area contributed by atoms with Crippen LogP contribution in [0.4, 0.5) is 0 Å². The molecule has 0 atom stereocenters. The van der Waals surface area contributed by atoms with Crippen LogP contribution in [0.3, 0.4) is 0 Å². The molecule has 0 heterocycles. The normalized spacial score (nSPS) is 10.6. The van der Waals surface area contributed by atoms with Gasteiger partial charge in [-0.05, 0) is 61.7 Å². The van der Waals surface area contributed by atoms with Crippen LogP contribution < -0.4 is 10.1 Å². The number of aryl methyl sites for hydroxylation is 1. The lowest BCUT2D eigenvalue weighted by molar-refractivity contribution is 0.304. The Labute approximate surface area is 128 Å². The number of benzene rings is 2. The van der Waals surface area contributed by atoms with Crippen LogP contribution in [0, 0.1) is 6.92 Å². The quantitative estimate of drug-likeness (QED) is 0.736. The van der Waals surface area contributed by atoms with Gasteiger partial charge in [-0.15, -0.1) is 0 Å². The molecule has 0 fully saturated rings. The van der Waals surface area contributed by atoms with Crippen LogP contribution >= 0.6 is 0 Å². The molecule has 0 unspecified atom stereocenters. The highest BCUT2D eigenvalue weighted by molar-refractivity contribution is 5.30. The highest BCUT2D eigenvalue weighted by Crippen LogP contribution is 2.16. The molecule has 0 radical (unpaired) electrons. The molecule has 0 spiro atoms. The van der Waals surface area contributed by atoms with Crippen LogP contribution in [0.2, 0.25) is 0 Å². The van der Waals surface area contributed by atoms with E-state index in [0.29, 0.717) is 6.61 Å². The van der Waals surface area contributed by atoms with E-state index in [1.54, 1.807) is 0 Å². The van der Waals surface area contributed by atoms with Crippen molar-refractivity contribution in [3.63, 3.8) is 0 Å². The van der Waals surface area contributed by atoms with Crippen LogP contribution in [0.1, 0.15) is 30.0 Å². The van der Waals surface area contributed by atoms with Gasteiger partial charge in [-0.3, -0.25) is 0 Å². The Kier molecular flexibility index (Phi) is 6.29. The molecule has 0 aliphatic heterocycles. The van der Waals surface area contributed by atoms with E-state index >= 15 is 0 Å². The highest BCUT2D eigenvalue weighted by Gasteiger charge is 2.03. The molecule has 0 saturated heterocycles. The topological polar surface area (TPSA) is 21.3 Å². The maximum absolute atomic E-state index is 5.92. The summed E-state index contributed by atoms with van der Waals surface area (Å²) < 4.78 is 5.92. The van der Waals surface area contributed by atoms with Gasteiger partial charge in [0.05, 0.1) is 0 Å². The first-order valence-electron chi connectivity index (χ1n) is 7.76. The van der Waals surface area contributed by atoms with Crippen molar-refractivity contribution in [2.24, 2.45) is 0 Å². The van der Waals surface area contributed by atoms with Gasteiger partial charge in [-0.25, -0.2) is 0 Å². The minimum atomic E-state index is 0.632. The van der Waals surface area contributed by atoms with Crippen LogP contribution in [-0.2, 0) is 13.0 Å². The second-order valence-electron chi connectivity index (χ2n) is 5.37. The summed E-state index contributed by atoms with van der Waals surface area (Å²) in [5.74, 6) is 0.939. The molecular weight excluding hydrogens is 258 g/mol. The lowest BCUT2D eigenvalue weighted by atomic mass is 10.1. The maximum atomic E-state index is 5.92. The Morgan fingerprint density at radius 3 is 2.52 bits per heavy atom. The molecule has 0 saturated carbocycles. The summed E-state index contributed by atoms with van der Waals surface area (Å²) in [4.78, 5) is 0. The average Bonchev–Trinajstić information content (AvgIpc) is 2.50. The summed E-state index contributed by atoms with van der Waals surface area (Å²) in [6.45, 7) is 7.02. The van der Waals surface area contributed by atoms with Crippen molar-refractivity contribution in [2.45, 2.75) is 33.3 Å². The average molecular weight is 283 g/mol. The van der Waals surface area contributed by atoms with Crippen LogP contribution in [-0.4, -0.2) is 13.1 Å². The monoisotopic (exact) mass is 283 g/mol. The van der Waals surface area contributed by atoms with Gasteiger partial charge in [0.1, 0.15) is 12.4 Å². The number of rotatable bonds is 8. The molecule has 0 aliphatic rings. The molecule has 2 heteroatoms. The van der Waals surface area contributed by atoms with Crippen molar-refractivity contribution in [1.82, 2.24) is 5.32 Å². The van der Waals surface area contributed by atoms with Gasteiger partial charge in [-0.1, -0.05) is 43.3 Å². The molecule has 0 aliphatic carbocycles. The van der Waals surface area contributed by atoms with E-state index in [-0.39, 0.29) is 0 Å². The number of hydrogen-bond acceptors (Lipinski definition) is 2. The van der Waals surface area contributed by atoms with Gasteiger partial charge >= 0.3 is 0 Å². The second-order valence-corrected chi connectivity index (χ2v) is 5.37.